The number of ether oxygens (including phenoxy) is 2. The monoisotopic (exact) mass is 434 g/mol. The Morgan fingerprint density at radius 3 is 2.23 bits per heavy atom. The number of hydrogen-bond donors (Lipinski definition) is 2. The molecule has 0 spiro atoms. The maximum absolute atomic E-state index is 13.9. The van der Waals surface area contributed by atoms with Crippen molar-refractivity contribution in [1.82, 2.24) is 10.6 Å². The molecule has 1 atom stereocenters. The molecule has 7 nitrogen and oxygen atoms in total. The first-order valence-corrected chi connectivity index (χ1v) is 9.47. The fourth-order valence-electron chi connectivity index (χ4n) is 2.90. The Labute approximate surface area is 178 Å². The smallest absolute Gasteiger partial charge is 0.341 e. The summed E-state index contributed by atoms with van der Waals surface area (Å²) < 4.78 is 37.6. The zero-order valence-electron chi connectivity index (χ0n) is 17.6. The lowest BCUT2D eigenvalue weighted by Gasteiger charge is -2.22. The van der Waals surface area contributed by atoms with Crippen molar-refractivity contribution in [3.63, 3.8) is 0 Å². The fourth-order valence-corrected chi connectivity index (χ4v) is 2.90. The molecule has 0 fully saturated rings. The maximum atomic E-state index is 13.9. The summed E-state index contributed by atoms with van der Waals surface area (Å²) >= 11 is 0. The average molecular weight is 434 g/mol. The summed E-state index contributed by atoms with van der Waals surface area (Å²) in [7, 11) is 2.65. The van der Waals surface area contributed by atoms with Gasteiger partial charge in [-0.15, -0.1) is 0 Å². The molecule has 2 rings (SSSR count). The standard InChI is InChI=1S/C22H24F2N2O5/c1-12(2)19(26-20(27)18-15(23)6-5-7-16(18)24)21(28)25-11-13-8-9-17(30-3)14(10-13)22(29)31-4/h5-10,12,19H,11H2,1-4H3,(H,25,28)(H,26,27)/t19-/m0/s1. The van der Waals surface area contributed by atoms with Gasteiger partial charge in [0.15, 0.2) is 0 Å². The minimum Gasteiger partial charge on any atom is -0.496 e. The fraction of sp³-hybridized carbons (Fsp3) is 0.318. The number of esters is 1. The number of rotatable bonds is 8. The normalized spacial score (nSPS) is 11.6. The molecule has 0 saturated carbocycles. The first-order chi connectivity index (χ1) is 14.7. The molecule has 0 saturated heterocycles. The Morgan fingerprint density at radius 2 is 1.68 bits per heavy atom. The van der Waals surface area contributed by atoms with Gasteiger partial charge in [0.25, 0.3) is 5.91 Å². The van der Waals surface area contributed by atoms with Gasteiger partial charge >= 0.3 is 5.97 Å². The van der Waals surface area contributed by atoms with E-state index in [2.05, 4.69) is 10.6 Å². The highest BCUT2D eigenvalue weighted by molar-refractivity contribution is 5.98. The van der Waals surface area contributed by atoms with Crippen LogP contribution < -0.4 is 15.4 Å². The summed E-state index contributed by atoms with van der Waals surface area (Å²) in [6.45, 7) is 3.41. The van der Waals surface area contributed by atoms with E-state index in [-0.39, 0.29) is 18.0 Å². The van der Waals surface area contributed by atoms with Crippen LogP contribution in [0.1, 0.15) is 40.1 Å². The second-order valence-corrected chi connectivity index (χ2v) is 7.04. The van der Waals surface area contributed by atoms with E-state index in [0.717, 1.165) is 18.2 Å². The van der Waals surface area contributed by atoms with E-state index < -0.39 is 41.0 Å². The third-order valence-corrected chi connectivity index (χ3v) is 4.56. The van der Waals surface area contributed by atoms with Crippen LogP contribution in [0, 0.1) is 17.6 Å². The first-order valence-electron chi connectivity index (χ1n) is 9.47. The highest BCUT2D eigenvalue weighted by atomic mass is 19.1. The van der Waals surface area contributed by atoms with Crippen molar-refractivity contribution in [2.45, 2.75) is 26.4 Å². The molecule has 2 aromatic carbocycles. The van der Waals surface area contributed by atoms with E-state index in [9.17, 15) is 23.2 Å². The molecule has 166 valence electrons. The van der Waals surface area contributed by atoms with Crippen molar-refractivity contribution in [1.29, 1.82) is 0 Å². The van der Waals surface area contributed by atoms with Crippen LogP contribution in [0.15, 0.2) is 36.4 Å². The van der Waals surface area contributed by atoms with Gasteiger partial charge < -0.3 is 20.1 Å². The Hall–Kier alpha value is -3.49. The molecule has 0 aromatic heterocycles. The second kappa shape index (κ2) is 10.5. The van der Waals surface area contributed by atoms with E-state index in [1.807, 2.05) is 0 Å². The molecular formula is C22H24F2N2O5. The van der Waals surface area contributed by atoms with Gasteiger partial charge in [0, 0.05) is 6.54 Å². The van der Waals surface area contributed by atoms with Crippen molar-refractivity contribution in [2.24, 2.45) is 5.92 Å². The van der Waals surface area contributed by atoms with E-state index in [1.165, 1.54) is 20.3 Å². The minimum atomic E-state index is -1.04. The Kier molecular flexibility index (Phi) is 8.07. The van der Waals surface area contributed by atoms with Gasteiger partial charge in [-0.3, -0.25) is 9.59 Å². The topological polar surface area (TPSA) is 93.7 Å². The minimum absolute atomic E-state index is 0.0416. The van der Waals surface area contributed by atoms with E-state index in [0.29, 0.717) is 11.3 Å². The summed E-state index contributed by atoms with van der Waals surface area (Å²) in [5.74, 6) is -4.24. The summed E-state index contributed by atoms with van der Waals surface area (Å²) in [6, 6.07) is 6.77. The lowest BCUT2D eigenvalue weighted by atomic mass is 10.0. The third-order valence-electron chi connectivity index (χ3n) is 4.56. The van der Waals surface area contributed by atoms with Crippen LogP contribution in [-0.4, -0.2) is 38.0 Å². The lowest BCUT2D eigenvalue weighted by molar-refractivity contribution is -0.124. The molecule has 0 aliphatic heterocycles. The second-order valence-electron chi connectivity index (χ2n) is 7.04. The van der Waals surface area contributed by atoms with Gasteiger partial charge in [-0.1, -0.05) is 26.0 Å². The van der Waals surface area contributed by atoms with Gasteiger partial charge in [-0.05, 0) is 35.7 Å². The number of carbonyl (C=O) groups excluding carboxylic acids is 3. The van der Waals surface area contributed by atoms with Crippen molar-refractivity contribution in [2.75, 3.05) is 14.2 Å². The predicted octanol–water partition coefficient (Wildman–Crippen LogP) is 2.83. The summed E-state index contributed by atoms with van der Waals surface area (Å²) in [5.41, 5.74) is 0.0304. The van der Waals surface area contributed by atoms with Gasteiger partial charge in [0.2, 0.25) is 5.91 Å². The van der Waals surface area contributed by atoms with E-state index in [4.69, 9.17) is 9.47 Å². The first kappa shape index (κ1) is 23.8. The van der Waals surface area contributed by atoms with Crippen LogP contribution >= 0.6 is 0 Å². The van der Waals surface area contributed by atoms with Gasteiger partial charge in [0.1, 0.15) is 34.6 Å². The third kappa shape index (κ3) is 5.78. The quantitative estimate of drug-likeness (QED) is 0.624. The SMILES string of the molecule is COC(=O)c1cc(CNC(=O)[C@@H](NC(=O)c2c(F)cccc2F)C(C)C)ccc1OC. The van der Waals surface area contributed by atoms with Crippen molar-refractivity contribution < 1.29 is 32.6 Å². The summed E-state index contributed by atoms with van der Waals surface area (Å²) in [5, 5.41) is 5.04. The van der Waals surface area contributed by atoms with Gasteiger partial charge in [-0.25, -0.2) is 13.6 Å². The number of nitrogens with one attached hydrogen (secondary N) is 2. The number of amides is 2. The zero-order chi connectivity index (χ0) is 23.1. The van der Waals surface area contributed by atoms with Gasteiger partial charge in [-0.2, -0.15) is 0 Å². The lowest BCUT2D eigenvalue weighted by Crippen LogP contribution is -2.49. The maximum Gasteiger partial charge on any atom is 0.341 e. The van der Waals surface area contributed by atoms with Gasteiger partial charge in [0.05, 0.1) is 14.2 Å². The molecule has 0 unspecified atom stereocenters. The largest absolute Gasteiger partial charge is 0.496 e. The number of halogens is 2. The van der Waals surface area contributed by atoms with Crippen molar-refractivity contribution >= 4 is 17.8 Å². The molecule has 0 aliphatic carbocycles. The molecule has 9 heteroatoms. The van der Waals surface area contributed by atoms with Crippen LogP contribution in [0.5, 0.6) is 5.75 Å². The zero-order valence-corrected chi connectivity index (χ0v) is 17.6. The highest BCUT2D eigenvalue weighted by Crippen LogP contribution is 2.21. The van der Waals surface area contributed by atoms with E-state index >= 15 is 0 Å². The predicted molar refractivity (Wildman–Crippen MR) is 109 cm³/mol. The molecule has 2 aromatic rings. The Bertz CT molecular complexity index is 958. The number of hydrogen-bond acceptors (Lipinski definition) is 5. The van der Waals surface area contributed by atoms with Crippen LogP contribution in [0.4, 0.5) is 8.78 Å². The van der Waals surface area contributed by atoms with Crippen LogP contribution in [-0.2, 0) is 16.1 Å². The molecule has 2 amide bonds. The molecule has 0 bridgehead atoms. The molecule has 0 radical (unpaired) electrons. The molecule has 0 heterocycles. The molecule has 31 heavy (non-hydrogen) atoms. The van der Waals surface area contributed by atoms with Crippen LogP contribution in [0.25, 0.3) is 0 Å². The molecular weight excluding hydrogens is 410 g/mol. The average Bonchev–Trinajstić information content (AvgIpc) is 2.74. The molecule has 2 N–H and O–H groups in total. The highest BCUT2D eigenvalue weighted by Gasteiger charge is 2.27. The van der Waals surface area contributed by atoms with E-state index in [1.54, 1.807) is 26.0 Å². The summed E-state index contributed by atoms with van der Waals surface area (Å²) in [6.07, 6.45) is 0. The number of methoxy groups -OCH3 is 2. The van der Waals surface area contributed by atoms with Crippen molar-refractivity contribution in [3.8, 4) is 5.75 Å². The molecule has 0 aliphatic rings. The number of benzene rings is 2. The van der Waals surface area contributed by atoms with Crippen molar-refractivity contribution in [3.05, 3.63) is 64.7 Å². The van der Waals surface area contributed by atoms with Crippen LogP contribution in [0.2, 0.25) is 0 Å². The van der Waals surface area contributed by atoms with Crippen LogP contribution in [0.3, 0.4) is 0 Å². The summed E-state index contributed by atoms with van der Waals surface area (Å²) in [4.78, 5) is 36.9. The Morgan fingerprint density at radius 1 is 1.03 bits per heavy atom. The number of carbonyl (C=O) groups is 3. The Balaban J connectivity index is 2.13.